The molecule has 0 spiro atoms. The lowest BCUT2D eigenvalue weighted by atomic mass is 9.96. The van der Waals surface area contributed by atoms with Crippen LogP contribution >= 0.6 is 24.0 Å². The normalized spacial score (nSPS) is 15.3. The molecule has 1 saturated heterocycles. The number of halogens is 2. The molecule has 4 nitrogen and oxygen atoms in total. The van der Waals surface area contributed by atoms with Crippen LogP contribution in [-0.4, -0.2) is 44.6 Å². The highest BCUT2D eigenvalue weighted by Crippen LogP contribution is 2.24. The summed E-state index contributed by atoms with van der Waals surface area (Å²) in [6.07, 6.45) is 2.49. The quantitative estimate of drug-likeness (QED) is 0.891. The average molecular weight is 347 g/mol. The fraction of sp³-hybridized carbons (Fsp3) is 0.562. The first-order valence-corrected chi connectivity index (χ1v) is 7.76. The van der Waals surface area contributed by atoms with Gasteiger partial charge in [0.25, 0.3) is 0 Å². The number of hydrogen-bond acceptors (Lipinski definition) is 3. The fourth-order valence-electron chi connectivity index (χ4n) is 2.84. The van der Waals surface area contributed by atoms with Crippen molar-refractivity contribution in [3.8, 4) is 5.75 Å². The van der Waals surface area contributed by atoms with Gasteiger partial charge in [-0.1, -0.05) is 11.6 Å². The Morgan fingerprint density at radius 1 is 1.41 bits per heavy atom. The molecule has 0 saturated carbocycles. The van der Waals surface area contributed by atoms with E-state index in [1.807, 2.05) is 24.1 Å². The average Bonchev–Trinajstić information content (AvgIpc) is 2.48. The maximum atomic E-state index is 12.4. The van der Waals surface area contributed by atoms with Gasteiger partial charge in [-0.05, 0) is 50.6 Å². The SMILES string of the molecule is CNCC1CCN(C(=O)Cc2cc(Cl)ccc2OC)CC1.Cl. The maximum absolute atomic E-state index is 12.4. The first kappa shape index (κ1) is 19.1. The number of ether oxygens (including phenoxy) is 1. The molecule has 1 aliphatic rings. The maximum Gasteiger partial charge on any atom is 0.227 e. The Morgan fingerprint density at radius 2 is 2.09 bits per heavy atom. The highest BCUT2D eigenvalue weighted by Gasteiger charge is 2.23. The summed E-state index contributed by atoms with van der Waals surface area (Å²) in [5.74, 6) is 1.55. The first-order chi connectivity index (χ1) is 10.1. The Labute approximate surface area is 143 Å². The van der Waals surface area contributed by atoms with Gasteiger partial charge in [-0.25, -0.2) is 0 Å². The van der Waals surface area contributed by atoms with Crippen molar-refractivity contribution in [3.05, 3.63) is 28.8 Å². The van der Waals surface area contributed by atoms with Crippen molar-refractivity contribution in [2.24, 2.45) is 5.92 Å². The predicted octanol–water partition coefficient (Wildman–Crippen LogP) is 2.77. The summed E-state index contributed by atoms with van der Waals surface area (Å²) in [5, 5.41) is 3.84. The molecule has 0 aromatic heterocycles. The van der Waals surface area contributed by atoms with E-state index in [1.165, 1.54) is 0 Å². The molecule has 1 aromatic carbocycles. The minimum absolute atomic E-state index is 0. The second-order valence-corrected chi connectivity index (χ2v) is 5.95. The van der Waals surface area contributed by atoms with Crippen LogP contribution in [0.3, 0.4) is 0 Å². The summed E-state index contributed by atoms with van der Waals surface area (Å²) in [4.78, 5) is 14.4. The van der Waals surface area contributed by atoms with E-state index in [-0.39, 0.29) is 18.3 Å². The lowest BCUT2D eigenvalue weighted by Crippen LogP contribution is -2.41. The lowest BCUT2D eigenvalue weighted by Gasteiger charge is -2.32. The van der Waals surface area contributed by atoms with Crippen LogP contribution in [0.4, 0.5) is 0 Å². The van der Waals surface area contributed by atoms with Gasteiger partial charge in [0, 0.05) is 23.7 Å². The third kappa shape index (κ3) is 5.04. The number of amides is 1. The third-order valence-corrected chi connectivity index (χ3v) is 4.28. The minimum Gasteiger partial charge on any atom is -0.496 e. The summed E-state index contributed by atoms with van der Waals surface area (Å²) < 4.78 is 5.30. The Morgan fingerprint density at radius 3 is 2.68 bits per heavy atom. The molecule has 1 aromatic rings. The highest BCUT2D eigenvalue weighted by molar-refractivity contribution is 6.30. The number of nitrogens with one attached hydrogen (secondary N) is 1. The number of methoxy groups -OCH3 is 1. The molecule has 1 amide bonds. The van der Waals surface area contributed by atoms with Crippen LogP contribution in [0, 0.1) is 5.92 Å². The van der Waals surface area contributed by atoms with Crippen molar-refractivity contribution < 1.29 is 9.53 Å². The lowest BCUT2D eigenvalue weighted by molar-refractivity contribution is -0.131. The molecule has 6 heteroatoms. The zero-order valence-electron chi connectivity index (χ0n) is 13.1. The summed E-state index contributed by atoms with van der Waals surface area (Å²) in [5.41, 5.74) is 0.854. The topological polar surface area (TPSA) is 41.6 Å². The molecule has 0 aliphatic carbocycles. The molecule has 0 unspecified atom stereocenters. The van der Waals surface area contributed by atoms with Gasteiger partial charge in [0.2, 0.25) is 5.91 Å². The molecule has 124 valence electrons. The van der Waals surface area contributed by atoms with Crippen molar-refractivity contribution in [2.45, 2.75) is 19.3 Å². The van der Waals surface area contributed by atoms with Crippen LogP contribution in [0.2, 0.25) is 5.02 Å². The number of benzene rings is 1. The van der Waals surface area contributed by atoms with Crippen LogP contribution in [-0.2, 0) is 11.2 Å². The zero-order valence-corrected chi connectivity index (χ0v) is 14.7. The second-order valence-electron chi connectivity index (χ2n) is 5.51. The van der Waals surface area contributed by atoms with E-state index < -0.39 is 0 Å². The molecule has 0 atom stereocenters. The van der Waals surface area contributed by atoms with E-state index >= 15 is 0 Å². The monoisotopic (exact) mass is 346 g/mol. The van der Waals surface area contributed by atoms with Gasteiger partial charge in [0.05, 0.1) is 13.5 Å². The summed E-state index contributed by atoms with van der Waals surface area (Å²) in [6, 6.07) is 5.40. The van der Waals surface area contributed by atoms with Gasteiger partial charge in [0.1, 0.15) is 5.75 Å². The molecule has 1 heterocycles. The van der Waals surface area contributed by atoms with Gasteiger partial charge >= 0.3 is 0 Å². The van der Waals surface area contributed by atoms with Crippen LogP contribution in [0.1, 0.15) is 18.4 Å². The minimum atomic E-state index is 0. The molecule has 22 heavy (non-hydrogen) atoms. The van der Waals surface area contributed by atoms with Crippen molar-refractivity contribution in [2.75, 3.05) is 33.8 Å². The number of piperidine rings is 1. The molecule has 1 N–H and O–H groups in total. The Hall–Kier alpha value is -0.970. The molecular weight excluding hydrogens is 323 g/mol. The Kier molecular flexibility index (Phi) is 8.01. The van der Waals surface area contributed by atoms with E-state index in [0.717, 1.165) is 43.8 Å². The van der Waals surface area contributed by atoms with Gasteiger partial charge in [0.15, 0.2) is 0 Å². The smallest absolute Gasteiger partial charge is 0.227 e. The number of hydrogen-bond donors (Lipinski definition) is 1. The van der Waals surface area contributed by atoms with Gasteiger partial charge in [-0.2, -0.15) is 0 Å². The fourth-order valence-corrected chi connectivity index (χ4v) is 3.03. The molecule has 1 fully saturated rings. The van der Waals surface area contributed by atoms with E-state index in [1.54, 1.807) is 13.2 Å². The van der Waals surface area contributed by atoms with Gasteiger partial charge in [-0.15, -0.1) is 12.4 Å². The van der Waals surface area contributed by atoms with Gasteiger partial charge in [-0.3, -0.25) is 4.79 Å². The van der Waals surface area contributed by atoms with Crippen molar-refractivity contribution in [1.82, 2.24) is 10.2 Å². The largest absolute Gasteiger partial charge is 0.496 e. The predicted molar refractivity (Wildman–Crippen MR) is 92.2 cm³/mol. The summed E-state index contributed by atoms with van der Waals surface area (Å²) in [7, 11) is 3.59. The standard InChI is InChI=1S/C16H23ClN2O2.ClH/c1-18-11-12-5-7-19(8-6-12)16(20)10-13-9-14(17)3-4-15(13)21-2;/h3-4,9,12,18H,5-8,10-11H2,1-2H3;1H. The highest BCUT2D eigenvalue weighted by atomic mass is 35.5. The van der Waals surface area contributed by atoms with Crippen LogP contribution in [0.25, 0.3) is 0 Å². The number of carbonyl (C=O) groups excluding carboxylic acids is 1. The van der Waals surface area contributed by atoms with Crippen molar-refractivity contribution in [1.29, 1.82) is 0 Å². The summed E-state index contributed by atoms with van der Waals surface area (Å²) >= 11 is 6.01. The third-order valence-electron chi connectivity index (χ3n) is 4.04. The molecular formula is C16H24Cl2N2O2. The number of likely N-dealkylation sites (tertiary alicyclic amines) is 1. The zero-order chi connectivity index (χ0) is 15.2. The van der Waals surface area contributed by atoms with E-state index in [4.69, 9.17) is 16.3 Å². The first-order valence-electron chi connectivity index (χ1n) is 7.38. The Bertz CT molecular complexity index is 489. The molecule has 0 radical (unpaired) electrons. The number of rotatable bonds is 5. The van der Waals surface area contributed by atoms with Crippen LogP contribution in [0.5, 0.6) is 5.75 Å². The van der Waals surface area contributed by atoms with Crippen molar-refractivity contribution >= 4 is 29.9 Å². The van der Waals surface area contributed by atoms with E-state index in [9.17, 15) is 4.79 Å². The molecule has 2 rings (SSSR count). The van der Waals surface area contributed by atoms with Crippen LogP contribution in [0.15, 0.2) is 18.2 Å². The second kappa shape index (κ2) is 9.23. The van der Waals surface area contributed by atoms with Gasteiger partial charge < -0.3 is 15.0 Å². The number of carbonyl (C=O) groups is 1. The van der Waals surface area contributed by atoms with E-state index in [0.29, 0.717) is 17.4 Å². The Balaban J connectivity index is 0.00000242. The summed E-state index contributed by atoms with van der Waals surface area (Å²) in [6.45, 7) is 2.71. The van der Waals surface area contributed by atoms with Crippen LogP contribution < -0.4 is 10.1 Å². The molecule has 1 aliphatic heterocycles. The number of nitrogens with zero attached hydrogens (tertiary/aromatic N) is 1. The molecule has 0 bridgehead atoms. The van der Waals surface area contributed by atoms with E-state index in [2.05, 4.69) is 5.32 Å². The van der Waals surface area contributed by atoms with Crippen molar-refractivity contribution in [3.63, 3.8) is 0 Å².